The Morgan fingerprint density at radius 3 is 2.87 bits per heavy atom. The molecule has 2 rings (SSSR count). The van der Waals surface area contributed by atoms with Crippen molar-refractivity contribution in [2.75, 3.05) is 17.6 Å². The average Bonchev–Trinajstić information content (AvgIpc) is 2.91. The van der Waals surface area contributed by atoms with E-state index in [9.17, 15) is 4.79 Å². The third-order valence-corrected chi connectivity index (χ3v) is 4.73. The Balaban J connectivity index is 2.15. The Kier molecular flexibility index (Phi) is 5.30. The van der Waals surface area contributed by atoms with Gasteiger partial charge in [0.1, 0.15) is 0 Å². The van der Waals surface area contributed by atoms with Gasteiger partial charge in [-0.05, 0) is 29.7 Å². The fraction of sp³-hybridized carbons (Fsp3) is 0.500. The van der Waals surface area contributed by atoms with Crippen molar-refractivity contribution < 1.29 is 9.90 Å². The number of hydrogen-bond donors (Lipinski definition) is 4. The largest absolute Gasteiger partial charge is 0.465 e. The maximum absolute atomic E-state index is 10.5. The number of carbonyl (C=O) groups is 1. The van der Waals surface area contributed by atoms with Crippen molar-refractivity contribution in [1.29, 1.82) is 0 Å². The molecule has 23 heavy (non-hydrogen) atoms. The van der Waals surface area contributed by atoms with E-state index >= 15 is 0 Å². The van der Waals surface area contributed by atoms with Gasteiger partial charge < -0.3 is 21.5 Å². The lowest BCUT2D eigenvalue weighted by Gasteiger charge is -2.33. The van der Waals surface area contributed by atoms with Crippen molar-refractivity contribution in [3.63, 3.8) is 0 Å². The quantitative estimate of drug-likeness (QED) is 0.602. The highest BCUT2D eigenvalue weighted by Crippen LogP contribution is 2.35. The monoisotopic (exact) mass is 336 g/mol. The van der Waals surface area contributed by atoms with E-state index in [1.54, 1.807) is 17.5 Å². The van der Waals surface area contributed by atoms with Crippen molar-refractivity contribution in [1.82, 2.24) is 10.3 Å². The van der Waals surface area contributed by atoms with Crippen LogP contribution in [0.4, 0.5) is 16.2 Å². The van der Waals surface area contributed by atoms with Crippen LogP contribution in [0.1, 0.15) is 33.6 Å². The number of nitrogens with two attached hydrogens (primary N) is 1. The van der Waals surface area contributed by atoms with Crippen LogP contribution in [0.2, 0.25) is 0 Å². The molecule has 2 heterocycles. The first kappa shape index (κ1) is 17.3. The first-order chi connectivity index (χ1) is 10.8. The molecular formula is C16H24N4O2S. The van der Waals surface area contributed by atoms with Gasteiger partial charge in [-0.2, -0.15) is 0 Å². The molecule has 0 aliphatic carbocycles. The third kappa shape index (κ3) is 4.48. The van der Waals surface area contributed by atoms with Gasteiger partial charge in [0.15, 0.2) is 0 Å². The van der Waals surface area contributed by atoms with Gasteiger partial charge in [-0.3, -0.25) is 4.98 Å². The molecule has 0 spiro atoms. The predicted octanol–water partition coefficient (Wildman–Crippen LogP) is 3.75. The predicted molar refractivity (Wildman–Crippen MR) is 96.2 cm³/mol. The number of thiophene rings is 1. The van der Waals surface area contributed by atoms with Crippen molar-refractivity contribution in [2.45, 2.75) is 39.7 Å². The molecule has 0 aliphatic heterocycles. The van der Waals surface area contributed by atoms with Crippen LogP contribution < -0.4 is 16.4 Å². The molecule has 126 valence electrons. The van der Waals surface area contributed by atoms with Gasteiger partial charge in [0.2, 0.25) is 0 Å². The number of rotatable bonds is 6. The number of nitrogens with one attached hydrogen (secondary N) is 2. The van der Waals surface area contributed by atoms with E-state index in [1.165, 1.54) is 0 Å². The molecule has 0 fully saturated rings. The van der Waals surface area contributed by atoms with Gasteiger partial charge in [0.25, 0.3) is 0 Å². The van der Waals surface area contributed by atoms with Crippen molar-refractivity contribution in [3.05, 3.63) is 17.6 Å². The fourth-order valence-electron chi connectivity index (χ4n) is 2.47. The van der Waals surface area contributed by atoms with Crippen LogP contribution in [0, 0.1) is 5.41 Å². The highest BCUT2D eigenvalue weighted by molar-refractivity contribution is 7.17. The molecule has 0 radical (unpaired) electrons. The van der Waals surface area contributed by atoms with Gasteiger partial charge in [-0.25, -0.2) is 4.79 Å². The summed E-state index contributed by atoms with van der Waals surface area (Å²) in [5.74, 6) is 0. The number of nitrogens with zero attached hydrogens (tertiary/aromatic N) is 1. The molecule has 0 saturated carbocycles. The number of hydrogen-bond acceptors (Lipinski definition) is 5. The summed E-state index contributed by atoms with van der Waals surface area (Å²) in [5.41, 5.74) is 8.64. The van der Waals surface area contributed by atoms with Crippen LogP contribution in [-0.2, 0) is 0 Å². The summed E-state index contributed by atoms with van der Waals surface area (Å²) in [6, 6.07) is 2.15. The number of aromatic nitrogens is 1. The van der Waals surface area contributed by atoms with Crippen LogP contribution in [-0.4, -0.2) is 28.8 Å². The molecule has 1 unspecified atom stereocenters. The van der Waals surface area contributed by atoms with E-state index in [1.807, 2.05) is 11.4 Å². The molecule has 0 aromatic carbocycles. The number of carboxylic acid groups (broad SMARTS) is 1. The lowest BCUT2D eigenvalue weighted by atomic mass is 9.84. The average molecular weight is 336 g/mol. The topological polar surface area (TPSA) is 100 Å². The zero-order chi connectivity index (χ0) is 17.0. The number of anilines is 2. The molecule has 0 aliphatic rings. The van der Waals surface area contributed by atoms with Gasteiger partial charge in [0, 0.05) is 12.6 Å². The number of fused-ring (bicyclic) bond motifs is 1. The van der Waals surface area contributed by atoms with Crippen molar-refractivity contribution >= 4 is 39.0 Å². The van der Waals surface area contributed by atoms with E-state index in [0.717, 1.165) is 28.7 Å². The Hall–Kier alpha value is -2.02. The van der Waals surface area contributed by atoms with E-state index < -0.39 is 6.09 Å². The zero-order valence-electron chi connectivity index (χ0n) is 13.7. The smallest absolute Gasteiger partial charge is 0.404 e. The minimum absolute atomic E-state index is 0.0164. The van der Waals surface area contributed by atoms with Crippen molar-refractivity contribution in [3.8, 4) is 0 Å². The summed E-state index contributed by atoms with van der Waals surface area (Å²) >= 11 is 1.62. The molecule has 6 nitrogen and oxygen atoms in total. The first-order valence-corrected chi connectivity index (χ1v) is 8.52. The Morgan fingerprint density at radius 1 is 1.48 bits per heavy atom. The fourth-order valence-corrected chi connectivity index (χ4v) is 3.34. The van der Waals surface area contributed by atoms with Gasteiger partial charge >= 0.3 is 6.09 Å². The standard InChI is InChI=1S/C16H24N4O2S/c1-16(2,3)12(5-4-7-18-15(21)22)20-13-10(17)9-19-11-6-8-23-14(11)13/h6,8-9,12,18H,4-5,7,17H2,1-3H3,(H,19,20)(H,21,22). The summed E-state index contributed by atoms with van der Waals surface area (Å²) in [6.45, 7) is 6.94. The van der Waals surface area contributed by atoms with Crippen LogP contribution in [0.3, 0.4) is 0 Å². The lowest BCUT2D eigenvalue weighted by Crippen LogP contribution is -2.35. The summed E-state index contributed by atoms with van der Waals surface area (Å²) in [6.07, 6.45) is 2.31. The maximum atomic E-state index is 10.5. The minimum atomic E-state index is -0.982. The third-order valence-electron chi connectivity index (χ3n) is 3.81. The second-order valence-electron chi connectivity index (χ2n) is 6.66. The molecule has 1 amide bonds. The second kappa shape index (κ2) is 7.04. The first-order valence-electron chi connectivity index (χ1n) is 7.64. The molecule has 7 heteroatoms. The molecule has 2 aromatic heterocycles. The highest BCUT2D eigenvalue weighted by Gasteiger charge is 2.25. The Morgan fingerprint density at radius 2 is 2.22 bits per heavy atom. The Labute approximate surface area is 140 Å². The maximum Gasteiger partial charge on any atom is 0.404 e. The number of nitrogen functional groups attached to an aromatic ring is 1. The zero-order valence-corrected chi connectivity index (χ0v) is 14.5. The highest BCUT2D eigenvalue weighted by atomic mass is 32.1. The lowest BCUT2D eigenvalue weighted by molar-refractivity contribution is 0.194. The number of pyridine rings is 1. The van der Waals surface area contributed by atoms with E-state index in [4.69, 9.17) is 10.8 Å². The molecule has 5 N–H and O–H groups in total. The van der Waals surface area contributed by atoms with Gasteiger partial charge in [-0.15, -0.1) is 11.3 Å². The minimum Gasteiger partial charge on any atom is -0.465 e. The molecular weight excluding hydrogens is 312 g/mol. The van der Waals surface area contributed by atoms with E-state index in [0.29, 0.717) is 12.2 Å². The van der Waals surface area contributed by atoms with Gasteiger partial charge in [-0.1, -0.05) is 20.8 Å². The van der Waals surface area contributed by atoms with E-state index in [-0.39, 0.29) is 11.5 Å². The summed E-state index contributed by atoms with van der Waals surface area (Å²) in [7, 11) is 0. The van der Waals surface area contributed by atoms with E-state index in [2.05, 4.69) is 36.4 Å². The Bertz CT molecular complexity index is 678. The SMILES string of the molecule is CC(C)(C)C(CCCNC(=O)O)Nc1c(N)cnc2ccsc12. The summed E-state index contributed by atoms with van der Waals surface area (Å²) < 4.78 is 1.06. The number of amides is 1. The normalized spacial score (nSPS) is 13.0. The summed E-state index contributed by atoms with van der Waals surface area (Å²) in [4.78, 5) is 14.9. The summed E-state index contributed by atoms with van der Waals surface area (Å²) in [5, 5.41) is 16.6. The van der Waals surface area contributed by atoms with Crippen LogP contribution in [0.25, 0.3) is 10.2 Å². The molecule has 2 aromatic rings. The van der Waals surface area contributed by atoms with Crippen LogP contribution in [0.15, 0.2) is 17.6 Å². The second-order valence-corrected chi connectivity index (χ2v) is 7.58. The molecule has 1 atom stereocenters. The van der Waals surface area contributed by atoms with Crippen LogP contribution >= 0.6 is 11.3 Å². The van der Waals surface area contributed by atoms with Crippen molar-refractivity contribution in [2.24, 2.45) is 5.41 Å². The van der Waals surface area contributed by atoms with Crippen LogP contribution in [0.5, 0.6) is 0 Å². The molecule has 0 bridgehead atoms. The molecule has 0 saturated heterocycles. The van der Waals surface area contributed by atoms with Gasteiger partial charge in [0.05, 0.1) is 27.8 Å².